The lowest BCUT2D eigenvalue weighted by Crippen LogP contribution is -2.52. The summed E-state index contributed by atoms with van der Waals surface area (Å²) in [5.74, 6) is -2.98. The molecule has 6 heterocycles. The number of hydrogen-bond donors (Lipinski definition) is 3. The number of aromatic nitrogens is 4. The van der Waals surface area contributed by atoms with Crippen LogP contribution in [0.3, 0.4) is 0 Å². The van der Waals surface area contributed by atoms with Gasteiger partial charge in [0.25, 0.3) is 35.2 Å². The van der Waals surface area contributed by atoms with Crippen LogP contribution >= 0.6 is 15.4 Å². The summed E-state index contributed by atoms with van der Waals surface area (Å²) in [6.07, 6.45) is 5.26. The van der Waals surface area contributed by atoms with Crippen molar-refractivity contribution in [2.24, 2.45) is 0 Å². The third kappa shape index (κ3) is 12.9. The lowest BCUT2D eigenvalue weighted by atomic mass is 10.1. The quantitative estimate of drug-likeness (QED) is 0.0702. The summed E-state index contributed by atoms with van der Waals surface area (Å²) in [7, 11) is -3.24. The number of hydrogen-bond acceptors (Lipinski definition) is 16. The highest BCUT2D eigenvalue weighted by molar-refractivity contribution is 7.51. The Hall–Kier alpha value is -7.50. The summed E-state index contributed by atoms with van der Waals surface area (Å²) in [5.41, 5.74) is 1.46. The third-order valence-corrected chi connectivity index (χ3v) is 13.0. The molecule has 0 spiro atoms. The smallest absolute Gasteiger partial charge is 0.471 e. The standard InChI is InChI=1S/C24H27N4O8P.C23H25N4O9P.CH4/c1-34-18-13-25-22(35-2)20-19(18)17(14-28(20)15-36-37(3,32)33)21(29)24(31)27-11-9-26(10-12-27)23(30)16-7-5-4-6-8-16;1-34-17-12-24-21(35-2)19-18(17)16(13-27(19)14-36-37(31,32)33)20(28)23(30)26-10-8-25(9-11-26)22(29)15-6-4-3-5-7-15;/h4-8,13-14H,9-12,15H2,1-3H3,(H,32,33);3-7,12-13H,8-11,14H2,1-2H3,(H2,31,32,33);1H4. The van der Waals surface area contributed by atoms with Gasteiger partial charge in [-0.1, -0.05) is 43.8 Å². The number of amides is 4. The first kappa shape index (κ1) is 56.8. The Balaban J connectivity index is 0.000000241. The van der Waals surface area contributed by atoms with E-state index >= 15 is 0 Å². The molecule has 2 fully saturated rings. The highest BCUT2D eigenvalue weighted by Crippen LogP contribution is 2.41. The van der Waals surface area contributed by atoms with Crippen LogP contribution in [0.25, 0.3) is 21.8 Å². The van der Waals surface area contributed by atoms with E-state index in [0.29, 0.717) is 11.1 Å². The van der Waals surface area contributed by atoms with Crippen LogP contribution in [0.2, 0.25) is 0 Å². The molecule has 27 heteroatoms. The van der Waals surface area contributed by atoms with Gasteiger partial charge in [0.2, 0.25) is 11.8 Å². The van der Waals surface area contributed by atoms with Crippen molar-refractivity contribution in [2.45, 2.75) is 20.9 Å². The molecule has 8 rings (SSSR count). The van der Waals surface area contributed by atoms with Crippen LogP contribution in [0.1, 0.15) is 48.9 Å². The molecular formula is C48H56N8O17P2. The van der Waals surface area contributed by atoms with E-state index in [9.17, 15) is 42.8 Å². The summed E-state index contributed by atoms with van der Waals surface area (Å²) < 4.78 is 56.5. The highest BCUT2D eigenvalue weighted by atomic mass is 31.2. The molecule has 75 heavy (non-hydrogen) atoms. The van der Waals surface area contributed by atoms with Crippen LogP contribution in [0.4, 0.5) is 0 Å². The number of phosphoric ester groups is 1. The molecule has 0 saturated carbocycles. The number of methoxy groups -OCH3 is 4. The van der Waals surface area contributed by atoms with Gasteiger partial charge in [0, 0.05) is 82.5 Å². The zero-order valence-corrected chi connectivity index (χ0v) is 42.5. The topological polar surface area (TPSA) is 301 Å². The molecule has 2 aliphatic heterocycles. The van der Waals surface area contributed by atoms with Gasteiger partial charge < -0.3 is 62.4 Å². The minimum Gasteiger partial charge on any atom is -0.494 e. The van der Waals surface area contributed by atoms with Crippen molar-refractivity contribution in [2.75, 3.05) is 87.5 Å². The molecule has 2 saturated heterocycles. The van der Waals surface area contributed by atoms with Gasteiger partial charge in [0.15, 0.2) is 0 Å². The number of rotatable bonds is 16. The summed E-state index contributed by atoms with van der Waals surface area (Å²) in [6.45, 7) is 1.77. The van der Waals surface area contributed by atoms with Crippen molar-refractivity contribution in [3.8, 4) is 23.3 Å². The molecule has 6 aromatic rings. The van der Waals surface area contributed by atoms with Crippen molar-refractivity contribution >= 4 is 72.4 Å². The van der Waals surface area contributed by atoms with E-state index in [1.165, 1.54) is 72.2 Å². The number of nitrogens with zero attached hydrogens (tertiary/aromatic N) is 8. The average Bonchev–Trinajstić information content (AvgIpc) is 4.00. The zero-order valence-electron chi connectivity index (χ0n) is 40.7. The Morgan fingerprint density at radius 3 is 1.20 bits per heavy atom. The Morgan fingerprint density at radius 1 is 0.533 bits per heavy atom. The largest absolute Gasteiger partial charge is 0.494 e. The van der Waals surface area contributed by atoms with Gasteiger partial charge >= 0.3 is 15.4 Å². The highest BCUT2D eigenvalue weighted by Gasteiger charge is 2.35. The van der Waals surface area contributed by atoms with Gasteiger partial charge in [0.05, 0.1) is 62.7 Å². The fourth-order valence-corrected chi connectivity index (χ4v) is 8.90. The molecule has 1 atom stereocenters. The molecule has 1 unspecified atom stereocenters. The second kappa shape index (κ2) is 24.2. The zero-order chi connectivity index (χ0) is 53.5. The number of pyridine rings is 2. The van der Waals surface area contributed by atoms with Crippen LogP contribution in [0.5, 0.6) is 23.3 Å². The van der Waals surface area contributed by atoms with Crippen LogP contribution < -0.4 is 18.9 Å². The number of phosphoric acid groups is 1. The maximum atomic E-state index is 13.4. The number of benzene rings is 2. The number of carbonyl (C=O) groups is 6. The molecule has 4 amide bonds. The van der Waals surface area contributed by atoms with Crippen LogP contribution in [0, 0.1) is 0 Å². The van der Waals surface area contributed by atoms with Gasteiger partial charge in [-0.05, 0) is 24.3 Å². The Labute approximate surface area is 429 Å². The van der Waals surface area contributed by atoms with Gasteiger partial charge in [-0.2, -0.15) is 0 Å². The Kier molecular flexibility index (Phi) is 18.4. The number of fused-ring (bicyclic) bond motifs is 2. The maximum absolute atomic E-state index is 13.4. The van der Waals surface area contributed by atoms with Crippen molar-refractivity contribution in [1.29, 1.82) is 0 Å². The van der Waals surface area contributed by atoms with E-state index in [0.717, 1.165) is 6.66 Å². The second-order valence-electron chi connectivity index (χ2n) is 16.5. The summed E-state index contributed by atoms with van der Waals surface area (Å²) >= 11 is 0. The van der Waals surface area contributed by atoms with Crippen molar-refractivity contribution < 1.29 is 80.6 Å². The van der Waals surface area contributed by atoms with Crippen LogP contribution in [-0.4, -0.2) is 176 Å². The van der Waals surface area contributed by atoms with E-state index in [-0.39, 0.29) is 128 Å². The van der Waals surface area contributed by atoms with Crippen molar-refractivity contribution in [3.05, 3.63) is 108 Å². The first-order chi connectivity index (χ1) is 35.3. The van der Waals surface area contributed by atoms with Crippen molar-refractivity contribution in [1.82, 2.24) is 38.7 Å². The van der Waals surface area contributed by atoms with E-state index in [4.69, 9.17) is 33.3 Å². The minimum atomic E-state index is -4.85. The summed E-state index contributed by atoms with van der Waals surface area (Å²) in [4.78, 5) is 121. The number of Topliss-reactive ketones (excluding diaryl/α,β-unsaturated/α-hetero) is 2. The van der Waals surface area contributed by atoms with Gasteiger partial charge in [0.1, 0.15) is 36.0 Å². The van der Waals surface area contributed by atoms with Crippen molar-refractivity contribution in [3.63, 3.8) is 0 Å². The Bertz CT molecular complexity index is 2970. The van der Waals surface area contributed by atoms with Gasteiger partial charge in [-0.3, -0.25) is 42.4 Å². The second-order valence-corrected chi connectivity index (χ2v) is 19.6. The molecule has 4 aromatic heterocycles. The fraction of sp³-hybridized carbons (Fsp3) is 0.333. The predicted molar refractivity (Wildman–Crippen MR) is 269 cm³/mol. The van der Waals surface area contributed by atoms with Gasteiger partial charge in [-0.25, -0.2) is 14.5 Å². The number of carbonyl (C=O) groups excluding carboxylic acids is 6. The normalized spacial score (nSPS) is 14.5. The number of ether oxygens (including phenoxy) is 4. The van der Waals surface area contributed by atoms with Crippen LogP contribution in [0.15, 0.2) is 85.5 Å². The molecule has 25 nitrogen and oxygen atoms in total. The van der Waals surface area contributed by atoms with E-state index in [1.807, 2.05) is 12.1 Å². The summed E-state index contributed by atoms with van der Waals surface area (Å²) in [5, 5.41) is 0.443. The first-order valence-corrected chi connectivity index (χ1v) is 26.0. The minimum absolute atomic E-state index is 0. The SMILES string of the molecule is C.COc1cnc(OC)c2c1c(C(=O)C(=O)N1CCN(C(=O)c3ccccc3)CC1)cn2COP(=O)(O)O.COc1cnc(OC)c2c1c(C(=O)C(=O)N1CCN(C(=O)c3ccccc3)CC1)cn2COP(C)(=O)O. The molecule has 2 aliphatic rings. The molecule has 3 N–H and O–H groups in total. The molecule has 400 valence electrons. The molecule has 2 aromatic carbocycles. The first-order valence-electron chi connectivity index (χ1n) is 22.5. The van der Waals surface area contributed by atoms with Gasteiger partial charge in [-0.15, -0.1) is 0 Å². The van der Waals surface area contributed by atoms with E-state index in [1.54, 1.807) is 58.3 Å². The number of piperazine rings is 2. The lowest BCUT2D eigenvalue weighted by Gasteiger charge is -2.34. The third-order valence-electron chi connectivity index (χ3n) is 11.9. The lowest BCUT2D eigenvalue weighted by molar-refractivity contribution is -0.128. The van der Waals surface area contributed by atoms with E-state index < -0.39 is 52.3 Å². The summed E-state index contributed by atoms with van der Waals surface area (Å²) in [6, 6.07) is 17.6. The molecule has 0 bridgehead atoms. The fourth-order valence-electron chi connectivity index (χ4n) is 8.29. The maximum Gasteiger partial charge on any atom is 0.471 e. The molecule has 0 aliphatic carbocycles. The average molecular weight is 1080 g/mol. The Morgan fingerprint density at radius 2 is 0.880 bits per heavy atom. The van der Waals surface area contributed by atoms with Crippen LogP contribution in [-0.2, 0) is 41.2 Å². The molecular weight excluding hydrogens is 1020 g/mol. The number of ketones is 2. The molecule has 0 radical (unpaired) electrons. The monoisotopic (exact) mass is 1080 g/mol. The van der Waals surface area contributed by atoms with E-state index in [2.05, 4.69) is 14.5 Å². The predicted octanol–water partition coefficient (Wildman–Crippen LogP) is 3.93.